The van der Waals surface area contributed by atoms with Gasteiger partial charge in [0.25, 0.3) is 5.91 Å². The van der Waals surface area contributed by atoms with Crippen LogP contribution >= 0.6 is 0 Å². The van der Waals surface area contributed by atoms with Crippen LogP contribution in [0.5, 0.6) is 0 Å². The van der Waals surface area contributed by atoms with Gasteiger partial charge in [0.2, 0.25) is 0 Å². The number of rotatable bonds is 3. The summed E-state index contributed by atoms with van der Waals surface area (Å²) in [6.45, 7) is 6.16. The van der Waals surface area contributed by atoms with E-state index in [-0.39, 0.29) is 12.0 Å². The van der Waals surface area contributed by atoms with Gasteiger partial charge in [-0.15, -0.1) is 0 Å². The largest absolute Gasteiger partial charge is 0.368 e. The first-order valence-electron chi connectivity index (χ1n) is 7.40. The Labute approximate surface area is 128 Å². The highest BCUT2D eigenvalue weighted by Crippen LogP contribution is 2.21. The maximum absolute atomic E-state index is 12.7. The summed E-state index contributed by atoms with van der Waals surface area (Å²) in [6.07, 6.45) is 6.52. The Morgan fingerprint density at radius 3 is 3.00 bits per heavy atom. The third-order valence-electron chi connectivity index (χ3n) is 3.77. The molecule has 0 bridgehead atoms. The lowest BCUT2D eigenvalue weighted by Crippen LogP contribution is -2.42. The number of hydrogen-bond donors (Lipinski definition) is 0. The van der Waals surface area contributed by atoms with Crippen LogP contribution in [-0.4, -0.2) is 50.3 Å². The molecule has 7 heteroatoms. The summed E-state index contributed by atoms with van der Waals surface area (Å²) in [5, 5.41) is 4.34. The van der Waals surface area contributed by atoms with Gasteiger partial charge in [-0.2, -0.15) is 5.10 Å². The normalized spacial score (nSPS) is 18.5. The molecule has 7 nitrogen and oxygen atoms in total. The van der Waals surface area contributed by atoms with E-state index in [1.54, 1.807) is 28.2 Å². The molecule has 0 spiro atoms. The van der Waals surface area contributed by atoms with Gasteiger partial charge in [-0.3, -0.25) is 19.4 Å². The maximum atomic E-state index is 12.7. The predicted molar refractivity (Wildman–Crippen MR) is 79.3 cm³/mol. The molecule has 2 aromatic heterocycles. The summed E-state index contributed by atoms with van der Waals surface area (Å²) in [7, 11) is 0. The molecular weight excluding hydrogens is 282 g/mol. The molecule has 1 amide bonds. The summed E-state index contributed by atoms with van der Waals surface area (Å²) < 4.78 is 7.50. The van der Waals surface area contributed by atoms with E-state index in [0.29, 0.717) is 25.3 Å². The van der Waals surface area contributed by atoms with E-state index in [9.17, 15) is 4.79 Å². The van der Waals surface area contributed by atoms with Gasteiger partial charge in [0.05, 0.1) is 36.3 Å². The minimum absolute atomic E-state index is 0.00519. The molecule has 2 aromatic rings. The first-order chi connectivity index (χ1) is 10.7. The fourth-order valence-electron chi connectivity index (χ4n) is 2.55. The first-order valence-corrected chi connectivity index (χ1v) is 7.40. The highest BCUT2D eigenvalue weighted by Gasteiger charge is 2.28. The molecule has 0 saturated carbocycles. The van der Waals surface area contributed by atoms with Crippen LogP contribution in [0.4, 0.5) is 0 Å². The number of carbonyl (C=O) groups excluding carboxylic acids is 1. The SMILES string of the molecule is CCn1cc(C(=O)N2CCO[C@@H](c3cnccn3)C2)c(C)n1. The molecule has 0 aromatic carbocycles. The van der Waals surface area contributed by atoms with Crippen molar-refractivity contribution in [3.63, 3.8) is 0 Å². The lowest BCUT2D eigenvalue weighted by Gasteiger charge is -2.32. The number of hydrogen-bond acceptors (Lipinski definition) is 5. The number of amides is 1. The van der Waals surface area contributed by atoms with Crippen LogP contribution in [-0.2, 0) is 11.3 Å². The quantitative estimate of drug-likeness (QED) is 0.852. The Balaban J connectivity index is 1.76. The second kappa shape index (κ2) is 6.23. The zero-order valence-electron chi connectivity index (χ0n) is 12.8. The van der Waals surface area contributed by atoms with E-state index < -0.39 is 0 Å². The van der Waals surface area contributed by atoms with Crippen molar-refractivity contribution in [3.05, 3.63) is 41.7 Å². The topological polar surface area (TPSA) is 73.1 Å². The van der Waals surface area contributed by atoms with E-state index in [1.807, 2.05) is 20.0 Å². The van der Waals surface area contributed by atoms with Gasteiger partial charge in [-0.25, -0.2) is 0 Å². The van der Waals surface area contributed by atoms with E-state index in [1.165, 1.54) is 0 Å². The smallest absolute Gasteiger partial charge is 0.257 e. The number of ether oxygens (including phenoxy) is 1. The second-order valence-electron chi connectivity index (χ2n) is 5.22. The second-order valence-corrected chi connectivity index (χ2v) is 5.22. The van der Waals surface area contributed by atoms with Crippen molar-refractivity contribution in [2.45, 2.75) is 26.5 Å². The van der Waals surface area contributed by atoms with Crippen molar-refractivity contribution in [2.24, 2.45) is 0 Å². The van der Waals surface area contributed by atoms with Crippen LogP contribution in [0.3, 0.4) is 0 Å². The van der Waals surface area contributed by atoms with Crippen molar-refractivity contribution in [1.82, 2.24) is 24.6 Å². The molecule has 116 valence electrons. The average molecular weight is 301 g/mol. The number of aryl methyl sites for hydroxylation is 2. The summed E-state index contributed by atoms with van der Waals surface area (Å²) in [4.78, 5) is 22.8. The molecular formula is C15H19N5O2. The van der Waals surface area contributed by atoms with Crippen molar-refractivity contribution in [1.29, 1.82) is 0 Å². The zero-order valence-corrected chi connectivity index (χ0v) is 12.8. The third-order valence-corrected chi connectivity index (χ3v) is 3.77. The Kier molecular flexibility index (Phi) is 4.15. The fraction of sp³-hybridized carbons (Fsp3) is 0.467. The maximum Gasteiger partial charge on any atom is 0.257 e. The van der Waals surface area contributed by atoms with Crippen LogP contribution < -0.4 is 0 Å². The molecule has 1 aliphatic heterocycles. The van der Waals surface area contributed by atoms with E-state index in [0.717, 1.165) is 17.9 Å². The molecule has 3 heterocycles. The van der Waals surface area contributed by atoms with Gasteiger partial charge in [-0.1, -0.05) is 0 Å². The van der Waals surface area contributed by atoms with E-state index in [2.05, 4.69) is 15.1 Å². The van der Waals surface area contributed by atoms with Crippen LogP contribution in [0.15, 0.2) is 24.8 Å². The van der Waals surface area contributed by atoms with Crippen molar-refractivity contribution < 1.29 is 9.53 Å². The number of nitrogens with zero attached hydrogens (tertiary/aromatic N) is 5. The third kappa shape index (κ3) is 2.85. The summed E-state index contributed by atoms with van der Waals surface area (Å²) >= 11 is 0. The lowest BCUT2D eigenvalue weighted by molar-refractivity contribution is -0.0249. The average Bonchev–Trinajstić information content (AvgIpc) is 2.96. The minimum Gasteiger partial charge on any atom is -0.368 e. The summed E-state index contributed by atoms with van der Waals surface area (Å²) in [6, 6.07) is 0. The van der Waals surface area contributed by atoms with Gasteiger partial charge >= 0.3 is 0 Å². The van der Waals surface area contributed by atoms with E-state index in [4.69, 9.17) is 4.74 Å². The molecule has 0 unspecified atom stereocenters. The summed E-state index contributed by atoms with van der Waals surface area (Å²) in [5.74, 6) is -0.00519. The Morgan fingerprint density at radius 1 is 1.45 bits per heavy atom. The van der Waals surface area contributed by atoms with Gasteiger partial charge in [0.15, 0.2) is 0 Å². The molecule has 1 saturated heterocycles. The molecule has 1 fully saturated rings. The Hall–Kier alpha value is -2.28. The molecule has 3 rings (SSSR count). The van der Waals surface area contributed by atoms with Crippen molar-refractivity contribution in [3.8, 4) is 0 Å². The summed E-state index contributed by atoms with van der Waals surface area (Å²) in [5.41, 5.74) is 2.16. The van der Waals surface area contributed by atoms with Crippen LogP contribution in [0.2, 0.25) is 0 Å². The predicted octanol–water partition coefficient (Wildman–Crippen LogP) is 1.22. The molecule has 1 aliphatic rings. The first kappa shape index (κ1) is 14.6. The highest BCUT2D eigenvalue weighted by atomic mass is 16.5. The van der Waals surface area contributed by atoms with Gasteiger partial charge in [-0.05, 0) is 13.8 Å². The monoisotopic (exact) mass is 301 g/mol. The highest BCUT2D eigenvalue weighted by molar-refractivity contribution is 5.95. The van der Waals surface area contributed by atoms with Crippen LogP contribution in [0.25, 0.3) is 0 Å². The lowest BCUT2D eigenvalue weighted by atomic mass is 10.1. The zero-order chi connectivity index (χ0) is 15.5. The van der Waals surface area contributed by atoms with Crippen LogP contribution in [0, 0.1) is 6.92 Å². The molecule has 0 radical (unpaired) electrons. The van der Waals surface area contributed by atoms with Crippen molar-refractivity contribution in [2.75, 3.05) is 19.7 Å². The molecule has 22 heavy (non-hydrogen) atoms. The minimum atomic E-state index is -0.229. The van der Waals surface area contributed by atoms with Gasteiger partial charge < -0.3 is 9.64 Å². The molecule has 0 N–H and O–H groups in total. The number of aromatic nitrogens is 4. The standard InChI is InChI=1S/C15H19N5O2/c1-3-20-9-12(11(2)18-20)15(21)19-6-7-22-14(10-19)13-8-16-4-5-17-13/h4-5,8-9,14H,3,6-7,10H2,1-2H3/t14-/m1/s1. The Morgan fingerprint density at radius 2 is 2.32 bits per heavy atom. The fourth-order valence-corrected chi connectivity index (χ4v) is 2.55. The molecule has 1 atom stereocenters. The van der Waals surface area contributed by atoms with Gasteiger partial charge in [0.1, 0.15) is 6.10 Å². The van der Waals surface area contributed by atoms with E-state index >= 15 is 0 Å². The number of morpholine rings is 1. The van der Waals surface area contributed by atoms with Gasteiger partial charge in [0, 0.05) is 31.7 Å². The Bertz CT molecular complexity index is 655. The van der Waals surface area contributed by atoms with Crippen LogP contribution in [0.1, 0.15) is 34.8 Å². The van der Waals surface area contributed by atoms with Crippen molar-refractivity contribution >= 4 is 5.91 Å². The molecule has 0 aliphatic carbocycles. The number of carbonyl (C=O) groups is 1.